The van der Waals surface area contributed by atoms with Gasteiger partial charge in [-0.2, -0.15) is 0 Å². The van der Waals surface area contributed by atoms with Crippen molar-refractivity contribution in [2.45, 2.75) is 20.4 Å². The van der Waals surface area contributed by atoms with Crippen LogP contribution >= 0.6 is 11.6 Å². The van der Waals surface area contributed by atoms with E-state index < -0.39 is 11.4 Å². The summed E-state index contributed by atoms with van der Waals surface area (Å²) in [6, 6.07) is 5.13. The van der Waals surface area contributed by atoms with Crippen molar-refractivity contribution in [1.82, 2.24) is 0 Å². The second-order valence-corrected chi connectivity index (χ2v) is 4.87. The second kappa shape index (κ2) is 5.38. The number of carbonyl (C=O) groups is 1. The maximum atomic E-state index is 10.9. The number of hydrogen-bond donors (Lipinski definition) is 2. The lowest BCUT2D eigenvalue weighted by Gasteiger charge is -2.20. The molecule has 94 valence electrons. The average Bonchev–Trinajstić information content (AvgIpc) is 2.26. The van der Waals surface area contributed by atoms with Crippen molar-refractivity contribution in [3.8, 4) is 5.75 Å². The van der Waals surface area contributed by atoms with Crippen molar-refractivity contribution in [3.05, 3.63) is 28.8 Å². The standard InChI is InChI=1S/C12H16ClNO3/c1-12(2,11(15)16)7-17-10-5-9(13)4-3-8(10)6-14/h3-5H,6-7,14H2,1-2H3,(H,15,16). The molecule has 0 radical (unpaired) electrons. The zero-order valence-corrected chi connectivity index (χ0v) is 10.6. The minimum absolute atomic E-state index is 0.0652. The Morgan fingerprint density at radius 3 is 2.71 bits per heavy atom. The van der Waals surface area contributed by atoms with Gasteiger partial charge in [0.15, 0.2) is 0 Å². The van der Waals surface area contributed by atoms with E-state index in [0.717, 1.165) is 5.56 Å². The van der Waals surface area contributed by atoms with Crippen molar-refractivity contribution < 1.29 is 14.6 Å². The Morgan fingerprint density at radius 2 is 2.18 bits per heavy atom. The molecule has 0 amide bonds. The predicted molar refractivity (Wildman–Crippen MR) is 66.3 cm³/mol. The van der Waals surface area contributed by atoms with Crippen LogP contribution in [-0.2, 0) is 11.3 Å². The Balaban J connectivity index is 2.81. The van der Waals surface area contributed by atoms with Crippen LogP contribution < -0.4 is 10.5 Å². The van der Waals surface area contributed by atoms with Crippen LogP contribution in [0.1, 0.15) is 19.4 Å². The molecule has 0 aromatic heterocycles. The van der Waals surface area contributed by atoms with Gasteiger partial charge < -0.3 is 15.6 Å². The fourth-order valence-electron chi connectivity index (χ4n) is 1.15. The Kier molecular flexibility index (Phi) is 4.37. The summed E-state index contributed by atoms with van der Waals surface area (Å²) in [6.07, 6.45) is 0. The maximum Gasteiger partial charge on any atom is 0.312 e. The van der Waals surface area contributed by atoms with Crippen LogP contribution in [0.5, 0.6) is 5.75 Å². The molecule has 0 saturated carbocycles. The van der Waals surface area contributed by atoms with Crippen LogP contribution in [-0.4, -0.2) is 17.7 Å². The van der Waals surface area contributed by atoms with Gasteiger partial charge in [-0.25, -0.2) is 0 Å². The highest BCUT2D eigenvalue weighted by Gasteiger charge is 2.28. The minimum Gasteiger partial charge on any atom is -0.492 e. The summed E-state index contributed by atoms with van der Waals surface area (Å²) >= 11 is 5.85. The Hall–Kier alpha value is -1.26. The zero-order valence-electron chi connectivity index (χ0n) is 9.87. The molecule has 1 rings (SSSR count). The van der Waals surface area contributed by atoms with Crippen LogP contribution in [0.4, 0.5) is 0 Å². The highest BCUT2D eigenvalue weighted by Crippen LogP contribution is 2.25. The fourth-order valence-corrected chi connectivity index (χ4v) is 1.31. The number of halogens is 1. The van der Waals surface area contributed by atoms with Crippen molar-refractivity contribution in [2.24, 2.45) is 11.1 Å². The number of nitrogens with two attached hydrogens (primary N) is 1. The number of carboxylic acids is 1. The first-order valence-electron chi connectivity index (χ1n) is 5.21. The molecule has 0 aliphatic carbocycles. The van der Waals surface area contributed by atoms with Crippen LogP contribution in [0, 0.1) is 5.41 Å². The lowest BCUT2D eigenvalue weighted by atomic mass is 9.95. The summed E-state index contributed by atoms with van der Waals surface area (Å²) in [7, 11) is 0. The van der Waals surface area contributed by atoms with Gasteiger partial charge >= 0.3 is 5.97 Å². The lowest BCUT2D eigenvalue weighted by Crippen LogP contribution is -2.30. The lowest BCUT2D eigenvalue weighted by molar-refractivity contribution is -0.148. The first kappa shape index (κ1) is 13.8. The molecule has 0 aliphatic heterocycles. The third-order valence-corrected chi connectivity index (χ3v) is 2.65. The van der Waals surface area contributed by atoms with E-state index in [-0.39, 0.29) is 6.61 Å². The molecule has 4 nitrogen and oxygen atoms in total. The van der Waals surface area contributed by atoms with Gasteiger partial charge in [0.25, 0.3) is 0 Å². The van der Waals surface area contributed by atoms with Gasteiger partial charge in [0, 0.05) is 17.1 Å². The topological polar surface area (TPSA) is 72.5 Å². The van der Waals surface area contributed by atoms with Crippen molar-refractivity contribution in [1.29, 1.82) is 0 Å². The maximum absolute atomic E-state index is 10.9. The van der Waals surface area contributed by atoms with Crippen molar-refractivity contribution in [3.63, 3.8) is 0 Å². The van der Waals surface area contributed by atoms with E-state index >= 15 is 0 Å². The van der Waals surface area contributed by atoms with Gasteiger partial charge in [-0.3, -0.25) is 4.79 Å². The molecule has 0 unspecified atom stereocenters. The summed E-state index contributed by atoms with van der Waals surface area (Å²) in [5.41, 5.74) is 5.41. The molecule has 1 aromatic carbocycles. The molecule has 0 aliphatic rings. The van der Waals surface area contributed by atoms with E-state index in [2.05, 4.69) is 0 Å². The molecule has 0 bridgehead atoms. The van der Waals surface area contributed by atoms with Gasteiger partial charge in [-0.1, -0.05) is 17.7 Å². The van der Waals surface area contributed by atoms with Gasteiger partial charge in [-0.15, -0.1) is 0 Å². The Bertz CT molecular complexity index is 418. The monoisotopic (exact) mass is 257 g/mol. The highest BCUT2D eigenvalue weighted by molar-refractivity contribution is 6.30. The van der Waals surface area contributed by atoms with E-state index in [9.17, 15) is 4.79 Å². The SMILES string of the molecule is CC(C)(COc1cc(Cl)ccc1CN)C(=O)O. The molecule has 1 aromatic rings. The molecule has 0 heterocycles. The van der Waals surface area contributed by atoms with Crippen LogP contribution in [0.15, 0.2) is 18.2 Å². The van der Waals surface area contributed by atoms with E-state index in [1.165, 1.54) is 0 Å². The summed E-state index contributed by atoms with van der Waals surface area (Å²) in [5, 5.41) is 9.50. The number of hydrogen-bond acceptors (Lipinski definition) is 3. The minimum atomic E-state index is -0.950. The summed E-state index contributed by atoms with van der Waals surface area (Å²) in [6.45, 7) is 3.58. The number of ether oxygens (including phenoxy) is 1. The first-order valence-corrected chi connectivity index (χ1v) is 5.59. The Labute approximate surface area is 105 Å². The van der Waals surface area contributed by atoms with Gasteiger partial charge in [0.2, 0.25) is 0 Å². The fraction of sp³-hybridized carbons (Fsp3) is 0.417. The quantitative estimate of drug-likeness (QED) is 0.849. The molecule has 0 fully saturated rings. The largest absolute Gasteiger partial charge is 0.492 e. The van der Waals surface area contributed by atoms with Gasteiger partial charge in [0.05, 0.1) is 5.41 Å². The first-order chi connectivity index (χ1) is 7.86. The smallest absolute Gasteiger partial charge is 0.312 e. The third-order valence-electron chi connectivity index (χ3n) is 2.42. The second-order valence-electron chi connectivity index (χ2n) is 4.43. The molecule has 5 heteroatoms. The third kappa shape index (κ3) is 3.61. The molecular weight excluding hydrogens is 242 g/mol. The number of rotatable bonds is 5. The summed E-state index contributed by atoms with van der Waals surface area (Å²) in [5.74, 6) is -0.372. The zero-order chi connectivity index (χ0) is 13.1. The number of aliphatic carboxylic acids is 1. The van der Waals surface area contributed by atoms with E-state index in [4.69, 9.17) is 27.2 Å². The van der Waals surface area contributed by atoms with Crippen LogP contribution in [0.2, 0.25) is 5.02 Å². The van der Waals surface area contributed by atoms with Crippen molar-refractivity contribution >= 4 is 17.6 Å². The number of carboxylic acid groups (broad SMARTS) is 1. The van der Waals surface area contributed by atoms with Crippen LogP contribution in [0.25, 0.3) is 0 Å². The normalized spacial score (nSPS) is 11.3. The predicted octanol–water partition coefficient (Wildman–Crippen LogP) is 2.29. The van der Waals surface area contributed by atoms with Crippen LogP contribution in [0.3, 0.4) is 0 Å². The van der Waals surface area contributed by atoms with Gasteiger partial charge in [-0.05, 0) is 26.0 Å². The molecule has 17 heavy (non-hydrogen) atoms. The van der Waals surface area contributed by atoms with Crippen molar-refractivity contribution in [2.75, 3.05) is 6.61 Å². The molecular formula is C12H16ClNO3. The summed E-state index contributed by atoms with van der Waals surface area (Å²) in [4.78, 5) is 10.9. The van der Waals surface area contributed by atoms with E-state index in [1.54, 1.807) is 32.0 Å². The molecule has 0 spiro atoms. The molecule has 3 N–H and O–H groups in total. The van der Waals surface area contributed by atoms with E-state index in [0.29, 0.717) is 17.3 Å². The number of benzene rings is 1. The summed E-state index contributed by atoms with van der Waals surface area (Å²) < 4.78 is 5.49. The molecule has 0 atom stereocenters. The average molecular weight is 258 g/mol. The molecule has 0 saturated heterocycles. The van der Waals surface area contributed by atoms with E-state index in [1.807, 2.05) is 0 Å². The van der Waals surface area contributed by atoms with Gasteiger partial charge in [0.1, 0.15) is 12.4 Å². The highest BCUT2D eigenvalue weighted by atomic mass is 35.5. The Morgan fingerprint density at radius 1 is 1.53 bits per heavy atom.